The second-order valence-corrected chi connectivity index (χ2v) is 3.28. The Morgan fingerprint density at radius 3 is 2.36 bits per heavy atom. The van der Waals surface area contributed by atoms with Gasteiger partial charge in [-0.3, -0.25) is 4.79 Å². The van der Waals surface area contributed by atoms with Crippen LogP contribution in [0.25, 0.3) is 0 Å². The molecule has 0 heterocycles. The van der Waals surface area contributed by atoms with Crippen LogP contribution in [0.1, 0.15) is 27.2 Å². The highest BCUT2D eigenvalue weighted by Gasteiger charge is 2.16. The van der Waals surface area contributed by atoms with Gasteiger partial charge in [-0.15, -0.1) is 0 Å². The van der Waals surface area contributed by atoms with E-state index in [4.69, 9.17) is 9.84 Å². The Labute approximate surface area is 83.4 Å². The van der Waals surface area contributed by atoms with Crippen molar-refractivity contribution in [3.8, 4) is 0 Å². The number of amides is 1. The highest BCUT2D eigenvalue weighted by molar-refractivity contribution is 5.72. The molecule has 0 radical (unpaired) electrons. The maximum Gasteiger partial charge on any atom is 0.407 e. The zero-order chi connectivity index (χ0) is 11.1. The van der Waals surface area contributed by atoms with E-state index in [1.807, 2.05) is 0 Å². The third kappa shape index (κ3) is 5.40. The normalized spacial score (nSPS) is 12.3. The third-order valence-corrected chi connectivity index (χ3v) is 1.68. The number of hydrogen-bond acceptors (Lipinski definition) is 3. The lowest BCUT2D eigenvalue weighted by molar-refractivity contribution is -0.141. The molecule has 1 amide bonds. The predicted molar refractivity (Wildman–Crippen MR) is 51.0 cm³/mol. The first-order chi connectivity index (χ1) is 6.47. The number of rotatable bonds is 5. The van der Waals surface area contributed by atoms with Crippen molar-refractivity contribution in [2.45, 2.75) is 33.3 Å². The van der Waals surface area contributed by atoms with Crippen LogP contribution < -0.4 is 5.32 Å². The largest absolute Gasteiger partial charge is 0.481 e. The van der Waals surface area contributed by atoms with Gasteiger partial charge in [-0.05, 0) is 20.3 Å². The molecule has 1 unspecified atom stereocenters. The third-order valence-electron chi connectivity index (χ3n) is 1.68. The zero-order valence-corrected chi connectivity index (χ0v) is 8.74. The summed E-state index contributed by atoms with van der Waals surface area (Å²) in [6, 6.07) is 0. The van der Waals surface area contributed by atoms with E-state index < -0.39 is 18.0 Å². The lowest BCUT2D eigenvalue weighted by Gasteiger charge is -2.12. The molecule has 0 spiro atoms. The molecule has 0 rings (SSSR count). The van der Waals surface area contributed by atoms with Crippen LogP contribution in [0.2, 0.25) is 0 Å². The molecule has 82 valence electrons. The van der Waals surface area contributed by atoms with Gasteiger partial charge in [-0.2, -0.15) is 0 Å². The highest BCUT2D eigenvalue weighted by Crippen LogP contribution is 2.00. The molecule has 0 aliphatic heterocycles. The van der Waals surface area contributed by atoms with Gasteiger partial charge in [0.05, 0.1) is 12.0 Å². The average molecular weight is 203 g/mol. The number of hydrogen-bond donors (Lipinski definition) is 2. The van der Waals surface area contributed by atoms with Gasteiger partial charge in [0.1, 0.15) is 0 Å². The van der Waals surface area contributed by atoms with Crippen molar-refractivity contribution in [1.29, 1.82) is 0 Å². The number of aliphatic carboxylic acids is 1. The van der Waals surface area contributed by atoms with Crippen LogP contribution in [0.15, 0.2) is 0 Å². The number of carboxylic acid groups (broad SMARTS) is 1. The molecule has 0 bridgehead atoms. The molecule has 0 aromatic carbocycles. The van der Waals surface area contributed by atoms with Crippen LogP contribution in [-0.4, -0.2) is 29.8 Å². The van der Waals surface area contributed by atoms with E-state index in [-0.39, 0.29) is 12.6 Å². The monoisotopic (exact) mass is 203 g/mol. The minimum atomic E-state index is -0.905. The first-order valence-electron chi connectivity index (χ1n) is 4.64. The zero-order valence-electron chi connectivity index (χ0n) is 8.74. The van der Waals surface area contributed by atoms with E-state index >= 15 is 0 Å². The van der Waals surface area contributed by atoms with E-state index in [0.717, 1.165) is 0 Å². The van der Waals surface area contributed by atoms with Crippen LogP contribution >= 0.6 is 0 Å². The van der Waals surface area contributed by atoms with Crippen LogP contribution in [0.3, 0.4) is 0 Å². The first kappa shape index (κ1) is 12.7. The first-order valence-corrected chi connectivity index (χ1v) is 4.64. The molecule has 14 heavy (non-hydrogen) atoms. The Balaban J connectivity index is 3.80. The lowest BCUT2D eigenvalue weighted by Crippen LogP contribution is -2.34. The van der Waals surface area contributed by atoms with E-state index in [0.29, 0.717) is 6.42 Å². The minimum Gasteiger partial charge on any atom is -0.481 e. The fraction of sp³-hybridized carbons (Fsp3) is 0.778. The molecule has 5 heteroatoms. The molecule has 0 aliphatic carbocycles. The molecule has 2 N–H and O–H groups in total. The van der Waals surface area contributed by atoms with E-state index in [9.17, 15) is 9.59 Å². The molecular weight excluding hydrogens is 186 g/mol. The summed E-state index contributed by atoms with van der Waals surface area (Å²) in [6.45, 7) is 5.33. The molecule has 1 atom stereocenters. The molecule has 0 fully saturated rings. The Morgan fingerprint density at radius 1 is 1.43 bits per heavy atom. The number of nitrogens with one attached hydrogen (secondary N) is 1. The van der Waals surface area contributed by atoms with Crippen molar-refractivity contribution in [1.82, 2.24) is 5.32 Å². The van der Waals surface area contributed by atoms with Crippen molar-refractivity contribution in [2.75, 3.05) is 6.54 Å². The number of carboxylic acids is 1. The van der Waals surface area contributed by atoms with E-state index in [2.05, 4.69) is 5.32 Å². The summed E-state index contributed by atoms with van der Waals surface area (Å²) in [4.78, 5) is 21.5. The predicted octanol–water partition coefficient (Wildman–Crippen LogP) is 1.23. The van der Waals surface area contributed by atoms with Crippen molar-refractivity contribution in [2.24, 2.45) is 5.92 Å². The van der Waals surface area contributed by atoms with E-state index in [1.54, 1.807) is 20.8 Å². The fourth-order valence-electron chi connectivity index (χ4n) is 0.869. The Kier molecular flexibility index (Phi) is 5.67. The molecule has 0 saturated heterocycles. The van der Waals surface area contributed by atoms with Gasteiger partial charge < -0.3 is 15.2 Å². The molecule has 5 nitrogen and oxygen atoms in total. The lowest BCUT2D eigenvalue weighted by atomic mass is 10.1. The second kappa shape index (κ2) is 6.23. The van der Waals surface area contributed by atoms with Gasteiger partial charge in [-0.25, -0.2) is 4.79 Å². The second-order valence-electron chi connectivity index (χ2n) is 3.28. The van der Waals surface area contributed by atoms with Crippen molar-refractivity contribution in [3.05, 3.63) is 0 Å². The maximum atomic E-state index is 11.0. The number of carbonyl (C=O) groups is 2. The van der Waals surface area contributed by atoms with Crippen LogP contribution in [0.4, 0.5) is 4.79 Å². The highest BCUT2D eigenvalue weighted by atomic mass is 16.6. The van der Waals surface area contributed by atoms with Gasteiger partial charge in [0.2, 0.25) is 0 Å². The molecular formula is C9H17NO4. The van der Waals surface area contributed by atoms with Gasteiger partial charge in [0.15, 0.2) is 0 Å². The smallest absolute Gasteiger partial charge is 0.407 e. The minimum absolute atomic E-state index is 0.109. The number of alkyl carbamates (subject to hydrolysis) is 1. The number of ether oxygens (including phenoxy) is 1. The summed E-state index contributed by atoms with van der Waals surface area (Å²) in [5.41, 5.74) is 0. The quantitative estimate of drug-likeness (QED) is 0.704. The van der Waals surface area contributed by atoms with Gasteiger partial charge in [-0.1, -0.05) is 6.92 Å². The molecule has 0 saturated carbocycles. The summed E-state index contributed by atoms with van der Waals surface area (Å²) in [6.07, 6.45) is -0.281. The Bertz CT molecular complexity index is 203. The van der Waals surface area contributed by atoms with Crippen LogP contribution in [-0.2, 0) is 9.53 Å². The molecule has 0 aromatic heterocycles. The van der Waals surface area contributed by atoms with Crippen LogP contribution in [0, 0.1) is 5.92 Å². The summed E-state index contributed by atoms with van der Waals surface area (Å²) < 4.78 is 4.78. The van der Waals surface area contributed by atoms with Gasteiger partial charge in [0.25, 0.3) is 0 Å². The Morgan fingerprint density at radius 2 is 2.00 bits per heavy atom. The topological polar surface area (TPSA) is 75.6 Å². The summed E-state index contributed by atoms with van der Waals surface area (Å²) >= 11 is 0. The summed E-state index contributed by atoms with van der Waals surface area (Å²) in [5.74, 6) is -1.45. The van der Waals surface area contributed by atoms with Crippen molar-refractivity contribution < 1.29 is 19.4 Å². The standard InChI is InChI=1S/C9H17NO4/c1-4-7(8(11)12)5-10-9(13)14-6(2)3/h6-7H,4-5H2,1-3H3,(H,10,13)(H,11,12). The average Bonchev–Trinajstić information content (AvgIpc) is 2.03. The van der Waals surface area contributed by atoms with Gasteiger partial charge >= 0.3 is 12.1 Å². The fourth-order valence-corrected chi connectivity index (χ4v) is 0.869. The summed E-state index contributed by atoms with van der Waals surface area (Å²) in [5, 5.41) is 11.1. The van der Waals surface area contributed by atoms with Crippen molar-refractivity contribution >= 4 is 12.1 Å². The maximum absolute atomic E-state index is 11.0. The van der Waals surface area contributed by atoms with E-state index in [1.165, 1.54) is 0 Å². The molecule has 0 aliphatic rings. The Hall–Kier alpha value is -1.26. The SMILES string of the molecule is CCC(CNC(=O)OC(C)C)C(=O)O. The number of carbonyl (C=O) groups excluding carboxylic acids is 1. The van der Waals surface area contributed by atoms with Gasteiger partial charge in [0, 0.05) is 6.54 Å². The summed E-state index contributed by atoms with van der Waals surface area (Å²) in [7, 11) is 0. The van der Waals surface area contributed by atoms with Crippen LogP contribution in [0.5, 0.6) is 0 Å². The molecule has 0 aromatic rings. The van der Waals surface area contributed by atoms with Crippen molar-refractivity contribution in [3.63, 3.8) is 0 Å².